The van der Waals surface area contributed by atoms with Gasteiger partial charge in [-0.15, -0.1) is 0 Å². The van der Waals surface area contributed by atoms with E-state index in [2.05, 4.69) is 17.0 Å². The lowest BCUT2D eigenvalue weighted by Crippen LogP contribution is -2.21. The average molecular weight is 227 g/mol. The fourth-order valence-electron chi connectivity index (χ4n) is 1.11. The number of alkyl halides is 3. The molecule has 0 bridgehead atoms. The first-order chi connectivity index (χ1) is 7.06. The van der Waals surface area contributed by atoms with Crippen LogP contribution in [0.2, 0.25) is 0 Å². The third-order valence-corrected chi connectivity index (χ3v) is 1.87. The van der Waals surface area contributed by atoms with Gasteiger partial charge < -0.3 is 10.1 Å². The smallest absolute Gasteiger partial charge is 0.372 e. The molecule has 0 rings (SSSR count). The van der Waals surface area contributed by atoms with Crippen molar-refractivity contribution in [3.63, 3.8) is 0 Å². The monoisotopic (exact) mass is 227 g/mol. The first kappa shape index (κ1) is 14.7. The van der Waals surface area contributed by atoms with Crippen molar-refractivity contribution in [2.45, 2.75) is 38.8 Å². The normalized spacial score (nSPS) is 12.0. The molecule has 2 nitrogen and oxygen atoms in total. The second kappa shape index (κ2) is 8.97. The van der Waals surface area contributed by atoms with Crippen LogP contribution in [0.5, 0.6) is 0 Å². The molecule has 0 aromatic rings. The van der Waals surface area contributed by atoms with Crippen molar-refractivity contribution in [3.05, 3.63) is 0 Å². The molecule has 0 atom stereocenters. The molecule has 0 spiro atoms. The van der Waals surface area contributed by atoms with Gasteiger partial charge in [0.05, 0.1) is 0 Å². The Morgan fingerprint density at radius 3 is 2.33 bits per heavy atom. The highest BCUT2D eigenvalue weighted by molar-refractivity contribution is 4.50. The zero-order chi connectivity index (χ0) is 11.6. The predicted octanol–water partition coefficient (Wildman–Crippen LogP) is 2.74. The van der Waals surface area contributed by atoms with Crippen LogP contribution in [-0.2, 0) is 4.74 Å². The summed E-state index contributed by atoms with van der Waals surface area (Å²) >= 11 is 0. The van der Waals surface area contributed by atoms with E-state index in [1.54, 1.807) is 0 Å². The molecule has 5 heteroatoms. The van der Waals surface area contributed by atoms with Crippen LogP contribution in [0.25, 0.3) is 0 Å². The zero-order valence-electron chi connectivity index (χ0n) is 9.20. The topological polar surface area (TPSA) is 21.3 Å². The van der Waals surface area contributed by atoms with Gasteiger partial charge in [-0.3, -0.25) is 0 Å². The lowest BCUT2D eigenvalue weighted by atomic mass is 10.2. The van der Waals surface area contributed by atoms with Crippen LogP contribution in [0.1, 0.15) is 32.6 Å². The van der Waals surface area contributed by atoms with E-state index in [9.17, 15) is 13.2 Å². The van der Waals surface area contributed by atoms with Gasteiger partial charge in [0.15, 0.2) is 0 Å². The van der Waals surface area contributed by atoms with E-state index in [0.717, 1.165) is 19.5 Å². The lowest BCUT2D eigenvalue weighted by Gasteiger charge is -2.07. The summed E-state index contributed by atoms with van der Waals surface area (Å²) < 4.78 is 39.3. The van der Waals surface area contributed by atoms with Crippen LogP contribution in [0.3, 0.4) is 0 Å². The summed E-state index contributed by atoms with van der Waals surface area (Å²) in [5.41, 5.74) is 0. The molecule has 0 aliphatic carbocycles. The quantitative estimate of drug-likeness (QED) is 0.611. The molecular weight excluding hydrogens is 207 g/mol. The summed E-state index contributed by atoms with van der Waals surface area (Å²) in [6, 6.07) is 0. The molecular formula is C10H20F3NO. The minimum atomic E-state index is -4.20. The maximum atomic E-state index is 11.6. The molecule has 92 valence electrons. The molecule has 0 amide bonds. The fourth-order valence-corrected chi connectivity index (χ4v) is 1.11. The molecule has 0 saturated heterocycles. The number of unbranched alkanes of at least 4 members (excludes halogenated alkanes) is 2. The standard InChI is InChI=1S/C10H20F3NO/c1-2-3-4-6-14-7-5-8-15-9-10(11,12)13/h14H,2-9H2,1H3. The molecule has 0 radical (unpaired) electrons. The lowest BCUT2D eigenvalue weighted by molar-refractivity contribution is -0.173. The second-order valence-electron chi connectivity index (χ2n) is 3.48. The Bertz CT molecular complexity index is 139. The molecule has 0 aromatic heterocycles. The van der Waals surface area contributed by atoms with Gasteiger partial charge >= 0.3 is 6.18 Å². The van der Waals surface area contributed by atoms with E-state index >= 15 is 0 Å². The van der Waals surface area contributed by atoms with Crippen LogP contribution in [0, 0.1) is 0 Å². The minimum Gasteiger partial charge on any atom is -0.372 e. The number of ether oxygens (including phenoxy) is 1. The Morgan fingerprint density at radius 2 is 1.73 bits per heavy atom. The number of hydrogen-bond acceptors (Lipinski definition) is 2. The van der Waals surface area contributed by atoms with Crippen molar-refractivity contribution in [1.29, 1.82) is 0 Å². The molecule has 1 N–H and O–H groups in total. The van der Waals surface area contributed by atoms with Gasteiger partial charge in [0, 0.05) is 6.61 Å². The first-order valence-corrected chi connectivity index (χ1v) is 5.41. The minimum absolute atomic E-state index is 0.167. The van der Waals surface area contributed by atoms with Crippen molar-refractivity contribution in [2.24, 2.45) is 0 Å². The molecule has 0 aliphatic rings. The van der Waals surface area contributed by atoms with Gasteiger partial charge in [-0.05, 0) is 25.9 Å². The van der Waals surface area contributed by atoms with Gasteiger partial charge in [-0.1, -0.05) is 19.8 Å². The number of hydrogen-bond donors (Lipinski definition) is 1. The van der Waals surface area contributed by atoms with E-state index < -0.39 is 12.8 Å². The van der Waals surface area contributed by atoms with E-state index in [0.29, 0.717) is 6.42 Å². The highest BCUT2D eigenvalue weighted by atomic mass is 19.4. The van der Waals surface area contributed by atoms with Crippen LogP contribution in [0.15, 0.2) is 0 Å². The van der Waals surface area contributed by atoms with Crippen LogP contribution in [-0.4, -0.2) is 32.5 Å². The van der Waals surface area contributed by atoms with Gasteiger partial charge in [0.2, 0.25) is 0 Å². The third-order valence-electron chi connectivity index (χ3n) is 1.87. The fraction of sp³-hybridized carbons (Fsp3) is 1.00. The summed E-state index contributed by atoms with van der Waals surface area (Å²) in [4.78, 5) is 0. The van der Waals surface area contributed by atoms with E-state index in [-0.39, 0.29) is 6.61 Å². The molecule has 0 aliphatic heterocycles. The Balaban J connectivity index is 2.99. The molecule has 0 aromatic carbocycles. The summed E-state index contributed by atoms with van der Waals surface area (Å²) in [6.45, 7) is 2.82. The Kier molecular flexibility index (Phi) is 8.80. The first-order valence-electron chi connectivity index (χ1n) is 5.41. The predicted molar refractivity (Wildman–Crippen MR) is 53.9 cm³/mol. The molecule has 0 unspecified atom stereocenters. The van der Waals surface area contributed by atoms with Crippen LogP contribution in [0.4, 0.5) is 13.2 Å². The summed E-state index contributed by atoms with van der Waals surface area (Å²) in [7, 11) is 0. The molecule has 0 heterocycles. The van der Waals surface area contributed by atoms with Gasteiger partial charge in [-0.2, -0.15) is 13.2 Å². The van der Waals surface area contributed by atoms with E-state index in [1.165, 1.54) is 12.8 Å². The van der Waals surface area contributed by atoms with Gasteiger partial charge in [0.25, 0.3) is 0 Å². The maximum Gasteiger partial charge on any atom is 0.411 e. The van der Waals surface area contributed by atoms with Gasteiger partial charge in [-0.25, -0.2) is 0 Å². The summed E-state index contributed by atoms with van der Waals surface area (Å²) in [5, 5.41) is 3.16. The summed E-state index contributed by atoms with van der Waals surface area (Å²) in [6.07, 6.45) is -0.0788. The summed E-state index contributed by atoms with van der Waals surface area (Å²) in [5.74, 6) is 0. The number of nitrogens with one attached hydrogen (secondary N) is 1. The third kappa shape index (κ3) is 13.7. The van der Waals surface area contributed by atoms with Crippen molar-refractivity contribution in [1.82, 2.24) is 5.32 Å². The molecule has 15 heavy (non-hydrogen) atoms. The largest absolute Gasteiger partial charge is 0.411 e. The zero-order valence-corrected chi connectivity index (χ0v) is 9.20. The Morgan fingerprint density at radius 1 is 1.07 bits per heavy atom. The van der Waals surface area contributed by atoms with Crippen molar-refractivity contribution in [3.8, 4) is 0 Å². The average Bonchev–Trinajstić information content (AvgIpc) is 2.14. The number of halogens is 3. The van der Waals surface area contributed by atoms with Crippen molar-refractivity contribution < 1.29 is 17.9 Å². The van der Waals surface area contributed by atoms with Gasteiger partial charge in [0.1, 0.15) is 6.61 Å². The molecule has 0 fully saturated rings. The second-order valence-corrected chi connectivity index (χ2v) is 3.48. The number of rotatable bonds is 9. The molecule has 0 saturated carbocycles. The highest BCUT2D eigenvalue weighted by Gasteiger charge is 2.26. The van der Waals surface area contributed by atoms with Crippen LogP contribution >= 0.6 is 0 Å². The maximum absolute atomic E-state index is 11.6. The van der Waals surface area contributed by atoms with Crippen molar-refractivity contribution >= 4 is 0 Å². The Labute approximate surface area is 89.2 Å². The highest BCUT2D eigenvalue weighted by Crippen LogP contribution is 2.14. The van der Waals surface area contributed by atoms with Crippen LogP contribution < -0.4 is 5.32 Å². The Hall–Kier alpha value is -0.290. The van der Waals surface area contributed by atoms with E-state index in [4.69, 9.17) is 0 Å². The van der Waals surface area contributed by atoms with Crippen molar-refractivity contribution in [2.75, 3.05) is 26.3 Å². The van der Waals surface area contributed by atoms with E-state index in [1.807, 2.05) is 0 Å². The SMILES string of the molecule is CCCCCNCCCOCC(F)(F)F.